The molecule has 1 amide bonds. The summed E-state index contributed by atoms with van der Waals surface area (Å²) < 4.78 is 5.22. The van der Waals surface area contributed by atoms with Crippen molar-refractivity contribution in [3.8, 4) is 0 Å². The molecule has 0 aromatic carbocycles. The molecule has 0 unspecified atom stereocenters. The molecular weight excluding hydrogens is 168 g/mol. The van der Waals surface area contributed by atoms with Gasteiger partial charge in [-0.2, -0.15) is 0 Å². The molecule has 0 aliphatic carbocycles. The van der Waals surface area contributed by atoms with Crippen LogP contribution in [0.15, 0.2) is 0 Å². The average molecular weight is 186 g/mol. The Labute approximate surface area is 78.8 Å². The highest BCUT2D eigenvalue weighted by atomic mass is 16.5. The number of nitrogens with two attached hydrogens (primary N) is 1. The first-order chi connectivity index (χ1) is 6.03. The average Bonchev–Trinajstić information content (AvgIpc) is 2.04. The number of hydrogen-bond acceptors (Lipinski definition) is 3. The van der Waals surface area contributed by atoms with Gasteiger partial charge in [-0.05, 0) is 26.7 Å². The van der Waals surface area contributed by atoms with Gasteiger partial charge in [0, 0.05) is 18.8 Å². The Morgan fingerprint density at radius 3 is 2.54 bits per heavy atom. The van der Waals surface area contributed by atoms with E-state index in [0.29, 0.717) is 0 Å². The van der Waals surface area contributed by atoms with E-state index in [2.05, 4.69) is 5.32 Å². The Bertz CT molecular complexity index is 186. The van der Waals surface area contributed by atoms with Crippen LogP contribution in [0.4, 0.5) is 0 Å². The Morgan fingerprint density at radius 2 is 2.08 bits per heavy atom. The molecule has 0 spiro atoms. The first-order valence-corrected chi connectivity index (χ1v) is 4.69. The van der Waals surface area contributed by atoms with Crippen LogP contribution >= 0.6 is 0 Å². The molecule has 1 saturated heterocycles. The van der Waals surface area contributed by atoms with Crippen LogP contribution in [0.2, 0.25) is 0 Å². The zero-order valence-corrected chi connectivity index (χ0v) is 8.30. The summed E-state index contributed by atoms with van der Waals surface area (Å²) in [6, 6.07) is -0.431. The van der Waals surface area contributed by atoms with Crippen LogP contribution in [0.3, 0.4) is 0 Å². The Balaban J connectivity index is 2.45. The molecule has 4 nitrogen and oxygen atoms in total. The number of nitrogens with one attached hydrogen (secondary N) is 1. The third-order valence-electron chi connectivity index (χ3n) is 2.43. The van der Waals surface area contributed by atoms with E-state index in [9.17, 15) is 4.79 Å². The zero-order valence-electron chi connectivity index (χ0n) is 8.30. The predicted octanol–water partition coefficient (Wildman–Crippen LogP) is 0.0189. The minimum absolute atomic E-state index is 0.0793. The smallest absolute Gasteiger partial charge is 0.237 e. The van der Waals surface area contributed by atoms with Gasteiger partial charge < -0.3 is 15.8 Å². The minimum Gasteiger partial charge on any atom is -0.381 e. The highest BCUT2D eigenvalue weighted by molar-refractivity contribution is 5.81. The summed E-state index contributed by atoms with van der Waals surface area (Å²) in [5, 5.41) is 2.95. The quantitative estimate of drug-likeness (QED) is 0.639. The summed E-state index contributed by atoms with van der Waals surface area (Å²) in [5.41, 5.74) is 5.35. The van der Waals surface area contributed by atoms with Crippen LogP contribution in [0.5, 0.6) is 0 Å². The van der Waals surface area contributed by atoms with Crippen molar-refractivity contribution >= 4 is 5.91 Å². The molecule has 3 N–H and O–H groups in total. The van der Waals surface area contributed by atoms with Crippen molar-refractivity contribution in [2.24, 2.45) is 5.73 Å². The fourth-order valence-corrected chi connectivity index (χ4v) is 1.36. The summed E-state index contributed by atoms with van der Waals surface area (Å²) in [7, 11) is 0. The maximum atomic E-state index is 11.3. The Morgan fingerprint density at radius 1 is 1.54 bits per heavy atom. The lowest BCUT2D eigenvalue weighted by Gasteiger charge is -2.34. The number of hydrogen-bond donors (Lipinski definition) is 2. The van der Waals surface area contributed by atoms with E-state index >= 15 is 0 Å². The van der Waals surface area contributed by atoms with Gasteiger partial charge in [0.25, 0.3) is 0 Å². The number of amides is 1. The summed E-state index contributed by atoms with van der Waals surface area (Å²) in [5.74, 6) is -0.0793. The molecule has 76 valence electrons. The fourth-order valence-electron chi connectivity index (χ4n) is 1.36. The topological polar surface area (TPSA) is 64.4 Å². The Kier molecular flexibility index (Phi) is 3.27. The van der Waals surface area contributed by atoms with E-state index in [0.717, 1.165) is 26.1 Å². The van der Waals surface area contributed by atoms with Gasteiger partial charge in [-0.1, -0.05) is 0 Å². The van der Waals surface area contributed by atoms with Gasteiger partial charge in [0.05, 0.1) is 6.04 Å². The van der Waals surface area contributed by atoms with Gasteiger partial charge in [0.15, 0.2) is 0 Å². The van der Waals surface area contributed by atoms with E-state index in [1.54, 1.807) is 6.92 Å². The first-order valence-electron chi connectivity index (χ1n) is 4.69. The van der Waals surface area contributed by atoms with Gasteiger partial charge in [0.1, 0.15) is 0 Å². The van der Waals surface area contributed by atoms with E-state index in [1.807, 2.05) is 6.92 Å². The monoisotopic (exact) mass is 186 g/mol. The van der Waals surface area contributed by atoms with E-state index in [-0.39, 0.29) is 11.4 Å². The zero-order chi connectivity index (χ0) is 9.90. The summed E-state index contributed by atoms with van der Waals surface area (Å²) in [6.45, 7) is 5.17. The van der Waals surface area contributed by atoms with Crippen molar-refractivity contribution in [1.29, 1.82) is 0 Å². The van der Waals surface area contributed by atoms with E-state index in [1.165, 1.54) is 0 Å². The maximum Gasteiger partial charge on any atom is 0.237 e. The number of carbonyl (C=O) groups is 1. The number of rotatable bonds is 2. The van der Waals surface area contributed by atoms with E-state index in [4.69, 9.17) is 10.5 Å². The molecule has 1 atom stereocenters. The van der Waals surface area contributed by atoms with Crippen molar-refractivity contribution in [3.05, 3.63) is 0 Å². The number of ether oxygens (including phenoxy) is 1. The van der Waals surface area contributed by atoms with Gasteiger partial charge >= 0.3 is 0 Å². The van der Waals surface area contributed by atoms with Gasteiger partial charge in [-0.25, -0.2) is 0 Å². The molecule has 0 radical (unpaired) electrons. The molecule has 1 aliphatic rings. The molecule has 1 aliphatic heterocycles. The van der Waals surface area contributed by atoms with Gasteiger partial charge in [-0.3, -0.25) is 4.79 Å². The molecule has 1 rings (SSSR count). The standard InChI is InChI=1S/C9H18N2O2/c1-7(10)8(12)11-9(2)3-5-13-6-4-9/h7H,3-6,10H2,1-2H3,(H,11,12)/t7-/m0/s1. The maximum absolute atomic E-state index is 11.3. The minimum atomic E-state index is -0.431. The Hall–Kier alpha value is -0.610. The molecular formula is C9H18N2O2. The van der Waals surface area contributed by atoms with Crippen LogP contribution in [-0.4, -0.2) is 30.7 Å². The van der Waals surface area contributed by atoms with E-state index < -0.39 is 6.04 Å². The summed E-state index contributed by atoms with van der Waals surface area (Å²) in [4.78, 5) is 11.3. The third-order valence-corrected chi connectivity index (χ3v) is 2.43. The first kappa shape index (κ1) is 10.5. The highest BCUT2D eigenvalue weighted by Gasteiger charge is 2.29. The molecule has 0 aromatic heterocycles. The molecule has 0 saturated carbocycles. The lowest BCUT2D eigenvalue weighted by molar-refractivity contribution is -0.124. The second kappa shape index (κ2) is 4.07. The van der Waals surface area contributed by atoms with Crippen LogP contribution < -0.4 is 11.1 Å². The summed E-state index contributed by atoms with van der Waals surface area (Å²) in [6.07, 6.45) is 1.73. The second-order valence-electron chi connectivity index (χ2n) is 3.95. The largest absolute Gasteiger partial charge is 0.381 e. The molecule has 1 heterocycles. The molecule has 13 heavy (non-hydrogen) atoms. The third kappa shape index (κ3) is 2.97. The van der Waals surface area contributed by atoms with Crippen LogP contribution in [-0.2, 0) is 9.53 Å². The van der Waals surface area contributed by atoms with Crippen molar-refractivity contribution < 1.29 is 9.53 Å². The normalized spacial score (nSPS) is 23.6. The predicted molar refractivity (Wildman–Crippen MR) is 50.3 cm³/mol. The van der Waals surface area contributed by atoms with Crippen LogP contribution in [0.25, 0.3) is 0 Å². The van der Waals surface area contributed by atoms with Crippen LogP contribution in [0.1, 0.15) is 26.7 Å². The molecule has 4 heteroatoms. The fraction of sp³-hybridized carbons (Fsp3) is 0.889. The highest BCUT2D eigenvalue weighted by Crippen LogP contribution is 2.19. The molecule has 1 fully saturated rings. The SMILES string of the molecule is C[C@H](N)C(=O)NC1(C)CCOCC1. The van der Waals surface area contributed by atoms with Gasteiger partial charge in [0.2, 0.25) is 5.91 Å². The molecule has 0 bridgehead atoms. The van der Waals surface area contributed by atoms with Crippen molar-refractivity contribution in [2.45, 2.75) is 38.3 Å². The molecule has 0 aromatic rings. The van der Waals surface area contributed by atoms with Crippen molar-refractivity contribution in [3.63, 3.8) is 0 Å². The summed E-state index contributed by atoms with van der Waals surface area (Å²) >= 11 is 0. The lowest BCUT2D eigenvalue weighted by Crippen LogP contribution is -2.53. The van der Waals surface area contributed by atoms with Crippen molar-refractivity contribution in [1.82, 2.24) is 5.32 Å². The van der Waals surface area contributed by atoms with Crippen molar-refractivity contribution in [2.75, 3.05) is 13.2 Å². The van der Waals surface area contributed by atoms with Crippen LogP contribution in [0, 0.1) is 0 Å². The second-order valence-corrected chi connectivity index (χ2v) is 3.95. The lowest BCUT2D eigenvalue weighted by atomic mass is 9.92. The van der Waals surface area contributed by atoms with Gasteiger partial charge in [-0.15, -0.1) is 0 Å². The number of carbonyl (C=O) groups excluding carboxylic acids is 1.